The number of imidazole rings is 1. The van der Waals surface area contributed by atoms with Crippen LogP contribution in [0.1, 0.15) is 30.0 Å². The molecule has 0 aliphatic carbocycles. The number of piperazine rings is 1. The fourth-order valence-electron chi connectivity index (χ4n) is 5.73. The first-order chi connectivity index (χ1) is 22.1. The van der Waals surface area contributed by atoms with Gasteiger partial charge in [-0.15, -0.1) is 0 Å². The Bertz CT molecular complexity index is 1630. The second-order valence-corrected chi connectivity index (χ2v) is 11.6. The minimum atomic E-state index is -4.35. The number of fused-ring (bicyclic) bond motifs is 1. The molecule has 0 radical (unpaired) electrons. The Balaban J connectivity index is 0.939. The quantitative estimate of drug-likeness (QED) is 0.147. The summed E-state index contributed by atoms with van der Waals surface area (Å²) in [4.78, 5) is 19.2. The van der Waals surface area contributed by atoms with E-state index in [1.807, 2.05) is 36.4 Å². The first-order valence-corrected chi connectivity index (χ1v) is 15.1. The Hall–Kier alpha value is -4.78. The van der Waals surface area contributed by atoms with Crippen LogP contribution in [0, 0.1) is 10.1 Å². The number of ether oxygens (including phenoxy) is 3. The van der Waals surface area contributed by atoms with E-state index in [-0.39, 0.29) is 24.5 Å². The van der Waals surface area contributed by atoms with Gasteiger partial charge in [0.25, 0.3) is 0 Å². The molecule has 13 heteroatoms. The normalized spacial score (nSPS) is 18.5. The topological polar surface area (TPSA) is 95.1 Å². The molecule has 4 aromatic rings. The molecule has 1 aromatic heterocycles. The predicted molar refractivity (Wildman–Crippen MR) is 164 cm³/mol. The predicted octanol–water partition coefficient (Wildman–Crippen LogP) is 6.33. The highest BCUT2D eigenvalue weighted by molar-refractivity contribution is 5.50. The molecule has 0 unspecified atom stereocenters. The van der Waals surface area contributed by atoms with Gasteiger partial charge in [0, 0.05) is 55.9 Å². The van der Waals surface area contributed by atoms with Crippen LogP contribution in [-0.4, -0.2) is 57.8 Å². The molecule has 242 valence electrons. The molecule has 10 nitrogen and oxygen atoms in total. The van der Waals surface area contributed by atoms with Crippen LogP contribution in [0.15, 0.2) is 79.0 Å². The van der Waals surface area contributed by atoms with Gasteiger partial charge in [0.1, 0.15) is 37.0 Å². The molecule has 2 aliphatic rings. The van der Waals surface area contributed by atoms with Crippen LogP contribution in [0.3, 0.4) is 0 Å². The lowest BCUT2D eigenvalue weighted by atomic mass is 10.1. The van der Waals surface area contributed by atoms with Crippen LogP contribution in [-0.2, 0) is 25.9 Å². The average Bonchev–Trinajstić information content (AvgIpc) is 3.48. The van der Waals surface area contributed by atoms with Crippen molar-refractivity contribution in [2.75, 3.05) is 31.1 Å². The van der Waals surface area contributed by atoms with Crippen molar-refractivity contribution in [1.29, 1.82) is 0 Å². The van der Waals surface area contributed by atoms with Gasteiger partial charge in [0.15, 0.2) is 0 Å². The summed E-state index contributed by atoms with van der Waals surface area (Å²) in [5.74, 6) is 1.17. The number of hydrogen-bond acceptors (Lipinski definition) is 8. The van der Waals surface area contributed by atoms with E-state index in [9.17, 15) is 23.3 Å². The Morgan fingerprint density at radius 3 is 2.28 bits per heavy atom. The number of nitrogens with zero attached hydrogens (tertiary/aromatic N) is 5. The Labute approximate surface area is 264 Å². The Morgan fingerprint density at radius 1 is 0.935 bits per heavy atom. The number of benzene rings is 3. The molecule has 2 atom stereocenters. The number of alkyl halides is 3. The zero-order valence-electron chi connectivity index (χ0n) is 25.2. The van der Waals surface area contributed by atoms with Crippen molar-refractivity contribution in [2.24, 2.45) is 0 Å². The SMILES string of the molecule is C[C@@H]1CN(Cc2ccc(OCc3ccc(C(F)(F)F)cc3)cc2)CCN1c1ccc(OC[C@H]2CCn3cc([N+](=O)[O-])nc3O2)cc1. The molecule has 46 heavy (non-hydrogen) atoms. The molecule has 0 saturated carbocycles. The molecule has 0 N–H and O–H groups in total. The molecule has 3 heterocycles. The van der Waals surface area contributed by atoms with Crippen molar-refractivity contribution in [1.82, 2.24) is 14.5 Å². The van der Waals surface area contributed by atoms with Crippen LogP contribution in [0.2, 0.25) is 0 Å². The maximum absolute atomic E-state index is 12.8. The second-order valence-electron chi connectivity index (χ2n) is 11.6. The van der Waals surface area contributed by atoms with Gasteiger partial charge < -0.3 is 29.2 Å². The van der Waals surface area contributed by atoms with Crippen molar-refractivity contribution >= 4 is 11.5 Å². The van der Waals surface area contributed by atoms with E-state index in [2.05, 4.69) is 33.8 Å². The highest BCUT2D eigenvalue weighted by atomic mass is 19.4. The maximum atomic E-state index is 12.8. The number of rotatable bonds is 10. The van der Waals surface area contributed by atoms with E-state index in [4.69, 9.17) is 14.2 Å². The first kappa shape index (κ1) is 31.2. The summed E-state index contributed by atoms with van der Waals surface area (Å²) in [6.45, 7) is 6.80. The molecule has 1 saturated heterocycles. The van der Waals surface area contributed by atoms with Crippen LogP contribution in [0.4, 0.5) is 24.7 Å². The summed E-state index contributed by atoms with van der Waals surface area (Å²) in [6, 6.07) is 21.4. The number of hydrogen-bond donors (Lipinski definition) is 0. The number of aryl methyl sites for hydroxylation is 1. The van der Waals surface area contributed by atoms with E-state index in [0.717, 1.165) is 55.3 Å². The summed E-state index contributed by atoms with van der Waals surface area (Å²) in [6.07, 6.45) is -2.53. The lowest BCUT2D eigenvalue weighted by Gasteiger charge is -2.41. The minimum absolute atomic E-state index is 0.195. The smallest absolute Gasteiger partial charge is 0.416 e. The first-order valence-electron chi connectivity index (χ1n) is 15.1. The van der Waals surface area contributed by atoms with Crippen LogP contribution < -0.4 is 19.1 Å². The fourth-order valence-corrected chi connectivity index (χ4v) is 5.73. The number of anilines is 1. The van der Waals surface area contributed by atoms with Crippen LogP contribution >= 0.6 is 0 Å². The third-order valence-corrected chi connectivity index (χ3v) is 8.21. The third kappa shape index (κ3) is 7.53. The molecular weight excluding hydrogens is 603 g/mol. The van der Waals surface area contributed by atoms with Gasteiger partial charge in [-0.3, -0.25) is 9.47 Å². The molecular formula is C33H34F3N5O5. The second kappa shape index (κ2) is 13.3. The Kier molecular flexibility index (Phi) is 9.02. The monoisotopic (exact) mass is 637 g/mol. The zero-order valence-corrected chi connectivity index (χ0v) is 25.2. The zero-order chi connectivity index (χ0) is 32.3. The molecule has 2 aliphatic heterocycles. The van der Waals surface area contributed by atoms with E-state index < -0.39 is 16.7 Å². The van der Waals surface area contributed by atoms with Gasteiger partial charge in [-0.05, 0) is 71.5 Å². The van der Waals surface area contributed by atoms with Gasteiger partial charge in [0.2, 0.25) is 0 Å². The van der Waals surface area contributed by atoms with Crippen molar-refractivity contribution in [3.05, 3.63) is 106 Å². The Morgan fingerprint density at radius 2 is 1.61 bits per heavy atom. The molecule has 1 fully saturated rings. The van der Waals surface area contributed by atoms with Crippen molar-refractivity contribution in [2.45, 2.75) is 51.4 Å². The molecule has 6 rings (SSSR count). The molecule has 0 amide bonds. The third-order valence-electron chi connectivity index (χ3n) is 8.21. The van der Waals surface area contributed by atoms with Gasteiger partial charge >= 0.3 is 18.0 Å². The van der Waals surface area contributed by atoms with Crippen molar-refractivity contribution < 1.29 is 32.3 Å². The lowest BCUT2D eigenvalue weighted by molar-refractivity contribution is -0.389. The van der Waals surface area contributed by atoms with E-state index >= 15 is 0 Å². The van der Waals surface area contributed by atoms with Crippen molar-refractivity contribution in [3.8, 4) is 17.5 Å². The lowest BCUT2D eigenvalue weighted by Crippen LogP contribution is -2.51. The van der Waals surface area contributed by atoms with E-state index in [1.54, 1.807) is 4.57 Å². The van der Waals surface area contributed by atoms with Crippen LogP contribution in [0.25, 0.3) is 0 Å². The van der Waals surface area contributed by atoms with Gasteiger partial charge in [0.05, 0.1) is 5.56 Å². The van der Waals surface area contributed by atoms with Gasteiger partial charge in [-0.2, -0.15) is 13.2 Å². The molecule has 0 spiro atoms. The summed E-state index contributed by atoms with van der Waals surface area (Å²) < 4.78 is 57.5. The maximum Gasteiger partial charge on any atom is 0.416 e. The highest BCUT2D eigenvalue weighted by Gasteiger charge is 2.30. The largest absolute Gasteiger partial charge is 0.490 e. The minimum Gasteiger partial charge on any atom is -0.490 e. The van der Waals surface area contributed by atoms with Crippen LogP contribution in [0.5, 0.6) is 17.5 Å². The molecule has 3 aromatic carbocycles. The highest BCUT2D eigenvalue weighted by Crippen LogP contribution is 2.30. The number of nitro groups is 1. The number of halogens is 3. The summed E-state index contributed by atoms with van der Waals surface area (Å²) in [5, 5.41) is 11.0. The summed E-state index contributed by atoms with van der Waals surface area (Å²) in [7, 11) is 0. The average molecular weight is 638 g/mol. The standard InChI is InChI=1S/C33H34F3N5O5/c1-23-18-38(19-24-4-10-28(11-5-24)44-21-25-2-6-26(7-3-25)33(34,35)36)16-17-40(23)27-8-12-29(13-9-27)45-22-30-14-15-39-20-31(41(42)43)37-32(39)46-30/h2-13,20,23,30H,14-19,21-22H2,1H3/t23-,30-/m1/s1. The van der Waals surface area contributed by atoms with Gasteiger partial charge in [-0.1, -0.05) is 24.3 Å². The van der Waals surface area contributed by atoms with E-state index in [0.29, 0.717) is 36.9 Å². The van der Waals surface area contributed by atoms with Gasteiger partial charge in [-0.25, -0.2) is 0 Å². The summed E-state index contributed by atoms with van der Waals surface area (Å²) in [5.41, 5.74) is 2.28. The fraction of sp³-hybridized carbons (Fsp3) is 0.364. The number of aromatic nitrogens is 2. The summed E-state index contributed by atoms with van der Waals surface area (Å²) >= 11 is 0. The van der Waals surface area contributed by atoms with Crippen molar-refractivity contribution in [3.63, 3.8) is 0 Å². The molecule has 0 bridgehead atoms. The van der Waals surface area contributed by atoms with E-state index in [1.165, 1.54) is 18.3 Å².